The first-order valence-electron chi connectivity index (χ1n) is 4.72. The van der Waals surface area contributed by atoms with Gasteiger partial charge in [-0.3, -0.25) is 0 Å². The Kier molecular flexibility index (Phi) is 1.52. The van der Waals surface area contributed by atoms with E-state index < -0.39 is 5.60 Å². The Morgan fingerprint density at radius 1 is 1.58 bits per heavy atom. The molecule has 2 atom stereocenters. The van der Waals surface area contributed by atoms with Crippen LogP contribution in [0.2, 0.25) is 0 Å². The molecule has 0 radical (unpaired) electrons. The highest BCUT2D eigenvalue weighted by atomic mass is 16.3. The first-order chi connectivity index (χ1) is 5.53. The van der Waals surface area contributed by atoms with Gasteiger partial charge < -0.3 is 10.0 Å². The molecule has 1 saturated carbocycles. The summed E-state index contributed by atoms with van der Waals surface area (Å²) in [6, 6.07) is 0.689. The van der Waals surface area contributed by atoms with Crippen molar-refractivity contribution in [2.45, 2.75) is 38.3 Å². The molecule has 1 saturated heterocycles. The Hall–Kier alpha value is -0.500. The van der Waals surface area contributed by atoms with Crippen LogP contribution in [-0.4, -0.2) is 28.2 Å². The molecule has 1 aliphatic heterocycles. The summed E-state index contributed by atoms with van der Waals surface area (Å²) < 4.78 is 0. The monoisotopic (exact) mass is 167 g/mol. The topological polar surface area (TPSA) is 23.5 Å². The lowest BCUT2D eigenvalue weighted by atomic mass is 9.93. The minimum Gasteiger partial charge on any atom is -0.384 e. The largest absolute Gasteiger partial charge is 0.384 e. The third-order valence-corrected chi connectivity index (χ3v) is 3.35. The van der Waals surface area contributed by atoms with Gasteiger partial charge in [0.05, 0.1) is 0 Å². The molecular formula is C10H17NO. The fourth-order valence-electron chi connectivity index (χ4n) is 1.91. The fraction of sp³-hybridized carbons (Fsp3) is 0.800. The average Bonchev–Trinajstić information content (AvgIpc) is 2.77. The van der Waals surface area contributed by atoms with Crippen LogP contribution >= 0.6 is 0 Å². The summed E-state index contributed by atoms with van der Waals surface area (Å²) in [5, 5.41) is 10.0. The molecule has 2 unspecified atom stereocenters. The minimum atomic E-state index is -0.664. The number of rotatable bonds is 1. The lowest BCUT2D eigenvalue weighted by molar-refractivity contribution is 0.0649. The van der Waals surface area contributed by atoms with Crippen molar-refractivity contribution in [1.29, 1.82) is 0 Å². The molecule has 1 heterocycles. The second-order valence-electron chi connectivity index (χ2n) is 4.38. The Labute approximate surface area is 73.9 Å². The molecule has 2 fully saturated rings. The lowest BCUT2D eigenvalue weighted by Crippen LogP contribution is -2.30. The summed E-state index contributed by atoms with van der Waals surface area (Å²) >= 11 is 0. The summed E-state index contributed by atoms with van der Waals surface area (Å²) in [4.78, 5) is 2.28. The molecule has 0 aromatic carbocycles. The van der Waals surface area contributed by atoms with Crippen LogP contribution in [0, 0.1) is 5.92 Å². The highest BCUT2D eigenvalue weighted by Crippen LogP contribution is 2.42. The summed E-state index contributed by atoms with van der Waals surface area (Å²) in [7, 11) is 0. The Bertz CT molecular complexity index is 218. The minimum absolute atomic E-state index is 0.325. The van der Waals surface area contributed by atoms with Crippen LogP contribution in [-0.2, 0) is 0 Å². The molecule has 0 amide bonds. The SMILES string of the molecule is C=C1N(C2CC2)CC(C)C1(C)O. The van der Waals surface area contributed by atoms with Crippen molar-refractivity contribution in [1.82, 2.24) is 4.90 Å². The quantitative estimate of drug-likeness (QED) is 0.637. The van der Waals surface area contributed by atoms with Crippen molar-refractivity contribution in [3.05, 3.63) is 12.3 Å². The molecule has 0 aromatic heterocycles. The standard InChI is InChI=1S/C10H17NO/c1-7-6-11(9-4-5-9)8(2)10(7,3)12/h7,9,12H,2,4-6H2,1,3H3. The van der Waals surface area contributed by atoms with Gasteiger partial charge in [-0.2, -0.15) is 0 Å². The van der Waals surface area contributed by atoms with E-state index >= 15 is 0 Å². The Balaban J connectivity index is 2.17. The maximum absolute atomic E-state index is 10.0. The number of aliphatic hydroxyl groups is 1. The van der Waals surface area contributed by atoms with E-state index in [4.69, 9.17) is 0 Å². The summed E-state index contributed by atoms with van der Waals surface area (Å²) in [6.45, 7) is 8.93. The van der Waals surface area contributed by atoms with Crippen molar-refractivity contribution in [2.24, 2.45) is 5.92 Å². The van der Waals surface area contributed by atoms with E-state index in [-0.39, 0.29) is 0 Å². The number of likely N-dealkylation sites (tertiary alicyclic amines) is 1. The van der Waals surface area contributed by atoms with Crippen molar-refractivity contribution in [3.63, 3.8) is 0 Å². The molecule has 1 aliphatic carbocycles. The van der Waals surface area contributed by atoms with E-state index in [0.29, 0.717) is 12.0 Å². The van der Waals surface area contributed by atoms with Gasteiger partial charge in [0, 0.05) is 24.2 Å². The van der Waals surface area contributed by atoms with Crippen LogP contribution in [0.1, 0.15) is 26.7 Å². The smallest absolute Gasteiger partial charge is 0.105 e. The second-order valence-corrected chi connectivity index (χ2v) is 4.38. The van der Waals surface area contributed by atoms with E-state index in [9.17, 15) is 5.11 Å². The lowest BCUT2D eigenvalue weighted by Gasteiger charge is -2.24. The number of hydrogen-bond acceptors (Lipinski definition) is 2. The third kappa shape index (κ3) is 0.977. The van der Waals surface area contributed by atoms with Crippen molar-refractivity contribution in [3.8, 4) is 0 Å². The molecule has 2 nitrogen and oxygen atoms in total. The van der Waals surface area contributed by atoms with E-state index in [0.717, 1.165) is 12.2 Å². The van der Waals surface area contributed by atoms with Gasteiger partial charge in [-0.25, -0.2) is 0 Å². The molecule has 2 aliphatic rings. The molecule has 0 bridgehead atoms. The van der Waals surface area contributed by atoms with Crippen molar-refractivity contribution < 1.29 is 5.11 Å². The number of hydrogen-bond donors (Lipinski definition) is 1. The molecule has 0 spiro atoms. The second kappa shape index (κ2) is 2.25. The van der Waals surface area contributed by atoms with Crippen molar-refractivity contribution >= 4 is 0 Å². The van der Waals surface area contributed by atoms with Crippen molar-refractivity contribution in [2.75, 3.05) is 6.54 Å². The van der Waals surface area contributed by atoms with E-state index in [2.05, 4.69) is 18.4 Å². The summed E-state index contributed by atoms with van der Waals surface area (Å²) in [6.07, 6.45) is 2.56. The van der Waals surface area contributed by atoms with Gasteiger partial charge in [0.2, 0.25) is 0 Å². The van der Waals surface area contributed by atoms with Crippen LogP contribution in [0.4, 0.5) is 0 Å². The highest BCUT2D eigenvalue weighted by Gasteiger charge is 2.46. The molecule has 1 N–H and O–H groups in total. The van der Waals surface area contributed by atoms with Crippen LogP contribution in [0.15, 0.2) is 12.3 Å². The molecule has 68 valence electrons. The molecule has 2 rings (SSSR count). The Morgan fingerprint density at radius 3 is 2.50 bits per heavy atom. The molecule has 0 aromatic rings. The summed E-state index contributed by atoms with van der Waals surface area (Å²) in [5.41, 5.74) is 0.264. The maximum atomic E-state index is 10.0. The molecule has 12 heavy (non-hydrogen) atoms. The van der Waals surface area contributed by atoms with Gasteiger partial charge in [-0.05, 0) is 19.8 Å². The van der Waals surface area contributed by atoms with Crippen LogP contribution in [0.5, 0.6) is 0 Å². The molecule has 2 heteroatoms. The van der Waals surface area contributed by atoms with E-state index in [1.807, 2.05) is 6.92 Å². The predicted molar refractivity (Wildman–Crippen MR) is 48.7 cm³/mol. The Morgan fingerprint density at radius 2 is 2.17 bits per heavy atom. The van der Waals surface area contributed by atoms with Gasteiger partial charge in [0.15, 0.2) is 0 Å². The van der Waals surface area contributed by atoms with Crippen LogP contribution in [0.25, 0.3) is 0 Å². The zero-order valence-corrected chi connectivity index (χ0v) is 7.88. The van der Waals surface area contributed by atoms with Crippen LogP contribution in [0.3, 0.4) is 0 Å². The van der Waals surface area contributed by atoms with E-state index in [1.165, 1.54) is 12.8 Å². The zero-order chi connectivity index (χ0) is 8.93. The fourth-order valence-corrected chi connectivity index (χ4v) is 1.91. The molecular weight excluding hydrogens is 150 g/mol. The van der Waals surface area contributed by atoms with Gasteiger partial charge in [0.1, 0.15) is 5.60 Å². The normalized spacial score (nSPS) is 42.4. The average molecular weight is 167 g/mol. The predicted octanol–water partition coefficient (Wildman–Crippen LogP) is 1.37. The highest BCUT2D eigenvalue weighted by molar-refractivity contribution is 5.20. The van der Waals surface area contributed by atoms with Crippen LogP contribution < -0.4 is 0 Å². The van der Waals surface area contributed by atoms with Gasteiger partial charge >= 0.3 is 0 Å². The van der Waals surface area contributed by atoms with Gasteiger partial charge in [0.25, 0.3) is 0 Å². The first-order valence-corrected chi connectivity index (χ1v) is 4.72. The third-order valence-electron chi connectivity index (χ3n) is 3.35. The van der Waals surface area contributed by atoms with E-state index in [1.54, 1.807) is 0 Å². The number of nitrogens with zero attached hydrogens (tertiary/aromatic N) is 1. The maximum Gasteiger partial charge on any atom is 0.105 e. The zero-order valence-electron chi connectivity index (χ0n) is 7.88. The summed E-state index contributed by atoms with van der Waals surface area (Å²) in [5.74, 6) is 0.325. The first kappa shape index (κ1) is 8.11. The van der Waals surface area contributed by atoms with Gasteiger partial charge in [-0.15, -0.1) is 0 Å². The van der Waals surface area contributed by atoms with Gasteiger partial charge in [-0.1, -0.05) is 13.5 Å².